The van der Waals surface area contributed by atoms with Crippen LogP contribution in [-0.4, -0.2) is 38.2 Å². The van der Waals surface area contributed by atoms with E-state index in [1.54, 1.807) is 42.7 Å². The molecule has 1 saturated heterocycles. The normalized spacial score (nSPS) is 22.9. The van der Waals surface area contributed by atoms with Crippen LogP contribution in [0, 0.1) is 5.92 Å². The number of fused-ring (bicyclic) bond motifs is 1. The van der Waals surface area contributed by atoms with Gasteiger partial charge in [0.15, 0.2) is 6.61 Å². The summed E-state index contributed by atoms with van der Waals surface area (Å²) in [4.78, 5) is 23.9. The Morgan fingerprint density at radius 2 is 1.90 bits per heavy atom. The molecule has 0 amide bonds. The van der Waals surface area contributed by atoms with Crippen molar-refractivity contribution in [3.63, 3.8) is 0 Å². The Hall–Kier alpha value is -3.00. The summed E-state index contributed by atoms with van der Waals surface area (Å²) in [5.41, 5.74) is 0.752. The van der Waals surface area contributed by atoms with Gasteiger partial charge in [-0.25, -0.2) is 14.8 Å². The molecule has 0 radical (unpaired) electrons. The van der Waals surface area contributed by atoms with E-state index in [0.717, 1.165) is 31.2 Å². The average molecular weight is 440 g/mol. The first-order valence-electron chi connectivity index (χ1n) is 10.5. The summed E-state index contributed by atoms with van der Waals surface area (Å²) in [7, 11) is 0. The standard InChI is InChI=1S/C22H22ClN5O3/c23-16-8-6-14(7-9-16)20-27-26-19(31-20)13-30-21(29)18-12-15-4-1-2-5-17(15)28(18)22-24-10-3-11-25-22/h3,6-11,15,17-18H,1-2,4-5,12-13H2/t15-,17-,18-/m0/s1. The third-order valence-electron chi connectivity index (χ3n) is 6.04. The topological polar surface area (TPSA) is 94.2 Å². The number of carbonyl (C=O) groups is 1. The molecule has 0 unspecified atom stereocenters. The van der Waals surface area contributed by atoms with Crippen LogP contribution in [0.2, 0.25) is 5.02 Å². The number of hydrogen-bond donors (Lipinski definition) is 0. The zero-order valence-electron chi connectivity index (χ0n) is 16.9. The van der Waals surface area contributed by atoms with Gasteiger partial charge < -0.3 is 14.1 Å². The van der Waals surface area contributed by atoms with Gasteiger partial charge in [0.25, 0.3) is 5.89 Å². The van der Waals surface area contributed by atoms with Gasteiger partial charge in [0.05, 0.1) is 0 Å². The Balaban J connectivity index is 1.29. The first kappa shape index (κ1) is 19.9. The highest BCUT2D eigenvalue weighted by Gasteiger charge is 2.47. The summed E-state index contributed by atoms with van der Waals surface area (Å²) in [6.07, 6.45) is 8.67. The zero-order chi connectivity index (χ0) is 21.2. The highest BCUT2D eigenvalue weighted by Crippen LogP contribution is 2.41. The largest absolute Gasteiger partial charge is 0.454 e. The van der Waals surface area contributed by atoms with Gasteiger partial charge in [-0.2, -0.15) is 0 Å². The zero-order valence-corrected chi connectivity index (χ0v) is 17.6. The van der Waals surface area contributed by atoms with Crippen LogP contribution in [0.1, 0.15) is 38.0 Å². The Morgan fingerprint density at radius 3 is 2.71 bits per heavy atom. The minimum absolute atomic E-state index is 0.0747. The molecule has 5 rings (SSSR count). The summed E-state index contributed by atoms with van der Waals surface area (Å²) in [6, 6.07) is 8.73. The number of ether oxygens (including phenoxy) is 1. The van der Waals surface area contributed by atoms with Crippen LogP contribution in [0.15, 0.2) is 47.1 Å². The van der Waals surface area contributed by atoms with E-state index in [2.05, 4.69) is 25.1 Å². The summed E-state index contributed by atoms with van der Waals surface area (Å²) in [5, 5.41) is 8.66. The van der Waals surface area contributed by atoms with Gasteiger partial charge in [0, 0.05) is 29.0 Å². The van der Waals surface area contributed by atoms with Crippen LogP contribution in [0.3, 0.4) is 0 Å². The summed E-state index contributed by atoms with van der Waals surface area (Å²) >= 11 is 5.92. The van der Waals surface area contributed by atoms with E-state index < -0.39 is 6.04 Å². The Bertz CT molecular complexity index is 1040. The molecule has 8 nitrogen and oxygen atoms in total. The monoisotopic (exact) mass is 439 g/mol. The molecule has 160 valence electrons. The fraction of sp³-hybridized carbons (Fsp3) is 0.409. The van der Waals surface area contributed by atoms with Crippen LogP contribution in [0.25, 0.3) is 11.5 Å². The first-order valence-corrected chi connectivity index (χ1v) is 10.9. The number of anilines is 1. The molecule has 2 fully saturated rings. The minimum Gasteiger partial charge on any atom is -0.454 e. The van der Waals surface area contributed by atoms with Crippen LogP contribution in [-0.2, 0) is 16.1 Å². The maximum absolute atomic E-state index is 13.0. The second-order valence-electron chi connectivity index (χ2n) is 7.94. The molecule has 31 heavy (non-hydrogen) atoms. The number of hydrogen-bond acceptors (Lipinski definition) is 8. The fourth-order valence-corrected chi connectivity index (χ4v) is 4.76. The summed E-state index contributed by atoms with van der Waals surface area (Å²) in [5.74, 6) is 1.33. The molecule has 0 N–H and O–H groups in total. The lowest BCUT2D eigenvalue weighted by atomic mass is 9.85. The molecule has 0 bridgehead atoms. The number of carbonyl (C=O) groups excluding carboxylic acids is 1. The SMILES string of the molecule is O=C(OCc1nnc(-c2ccc(Cl)cc2)o1)[C@@H]1C[C@@H]2CCCC[C@@H]2N1c1ncccn1. The molecule has 3 atom stereocenters. The van der Waals surface area contributed by atoms with E-state index in [4.69, 9.17) is 20.8 Å². The molecular weight excluding hydrogens is 418 g/mol. The van der Waals surface area contributed by atoms with Crippen molar-refractivity contribution in [3.8, 4) is 11.5 Å². The second kappa shape index (κ2) is 8.63. The molecular formula is C22H22ClN5O3. The Morgan fingerprint density at radius 1 is 1.13 bits per heavy atom. The lowest BCUT2D eigenvalue weighted by Gasteiger charge is -2.33. The third-order valence-corrected chi connectivity index (χ3v) is 6.29. The lowest BCUT2D eigenvalue weighted by molar-refractivity contribution is -0.147. The van der Waals surface area contributed by atoms with E-state index in [1.807, 2.05) is 0 Å². The van der Waals surface area contributed by atoms with Gasteiger partial charge in [-0.1, -0.05) is 24.4 Å². The highest BCUT2D eigenvalue weighted by molar-refractivity contribution is 6.30. The summed E-state index contributed by atoms with van der Waals surface area (Å²) in [6.45, 7) is -0.0747. The Labute approximate surface area is 184 Å². The third kappa shape index (κ3) is 4.12. The van der Waals surface area contributed by atoms with Crippen molar-refractivity contribution in [1.82, 2.24) is 20.2 Å². The molecule has 2 aliphatic rings. The average Bonchev–Trinajstić information content (AvgIpc) is 3.43. The highest BCUT2D eigenvalue weighted by atomic mass is 35.5. The molecule has 0 spiro atoms. The maximum Gasteiger partial charge on any atom is 0.329 e. The van der Waals surface area contributed by atoms with Crippen molar-refractivity contribution in [2.45, 2.75) is 50.8 Å². The minimum atomic E-state index is -0.408. The van der Waals surface area contributed by atoms with E-state index in [1.165, 1.54) is 6.42 Å². The van der Waals surface area contributed by atoms with Crippen molar-refractivity contribution in [2.24, 2.45) is 5.92 Å². The number of halogens is 1. The molecule has 1 saturated carbocycles. The predicted octanol–water partition coefficient (Wildman–Crippen LogP) is 4.06. The van der Waals surface area contributed by atoms with Crippen LogP contribution < -0.4 is 4.90 Å². The van der Waals surface area contributed by atoms with E-state index in [9.17, 15) is 4.79 Å². The van der Waals surface area contributed by atoms with Gasteiger partial charge in [-0.3, -0.25) is 0 Å². The molecule has 9 heteroatoms. The van der Waals surface area contributed by atoms with Crippen molar-refractivity contribution in [1.29, 1.82) is 0 Å². The number of rotatable bonds is 5. The predicted molar refractivity (Wildman–Crippen MR) is 113 cm³/mol. The first-order chi connectivity index (χ1) is 15.2. The lowest BCUT2D eigenvalue weighted by Crippen LogP contribution is -2.44. The fourth-order valence-electron chi connectivity index (χ4n) is 4.63. The van der Waals surface area contributed by atoms with Crippen molar-refractivity contribution >= 4 is 23.5 Å². The summed E-state index contributed by atoms with van der Waals surface area (Å²) < 4.78 is 11.2. The van der Waals surface area contributed by atoms with Gasteiger partial charge >= 0.3 is 5.97 Å². The van der Waals surface area contributed by atoms with Gasteiger partial charge in [-0.05, 0) is 55.5 Å². The van der Waals surface area contributed by atoms with Crippen molar-refractivity contribution < 1.29 is 13.9 Å². The van der Waals surface area contributed by atoms with Gasteiger partial charge in [-0.15, -0.1) is 10.2 Å². The van der Waals surface area contributed by atoms with Gasteiger partial charge in [0.1, 0.15) is 6.04 Å². The maximum atomic E-state index is 13.0. The molecule has 2 aromatic heterocycles. The van der Waals surface area contributed by atoms with E-state index in [-0.39, 0.29) is 24.5 Å². The number of benzene rings is 1. The second-order valence-corrected chi connectivity index (χ2v) is 8.37. The van der Waals surface area contributed by atoms with E-state index >= 15 is 0 Å². The van der Waals surface area contributed by atoms with Crippen molar-refractivity contribution in [3.05, 3.63) is 53.6 Å². The molecule has 1 aliphatic carbocycles. The smallest absolute Gasteiger partial charge is 0.329 e. The quantitative estimate of drug-likeness (QED) is 0.549. The molecule has 3 heterocycles. The number of esters is 1. The van der Waals surface area contributed by atoms with Crippen LogP contribution in [0.4, 0.5) is 5.95 Å². The Kier molecular flexibility index (Phi) is 5.55. The molecule has 1 aliphatic heterocycles. The molecule has 3 aromatic rings. The molecule has 1 aromatic carbocycles. The van der Waals surface area contributed by atoms with Gasteiger partial charge in [0.2, 0.25) is 11.8 Å². The van der Waals surface area contributed by atoms with Crippen LogP contribution in [0.5, 0.6) is 0 Å². The van der Waals surface area contributed by atoms with Crippen LogP contribution >= 0.6 is 11.6 Å². The number of nitrogens with zero attached hydrogens (tertiary/aromatic N) is 5. The number of aromatic nitrogens is 4. The van der Waals surface area contributed by atoms with Crippen molar-refractivity contribution in [2.75, 3.05) is 4.90 Å². The van der Waals surface area contributed by atoms with E-state index in [0.29, 0.717) is 22.8 Å².